The van der Waals surface area contributed by atoms with Crippen molar-refractivity contribution in [1.29, 1.82) is 0 Å². The third-order valence-corrected chi connectivity index (χ3v) is 3.82. The van der Waals surface area contributed by atoms with E-state index in [2.05, 4.69) is 0 Å². The molecule has 1 aliphatic rings. The van der Waals surface area contributed by atoms with Crippen LogP contribution in [-0.4, -0.2) is 36.4 Å². The molecule has 0 bridgehead atoms. The van der Waals surface area contributed by atoms with Crippen LogP contribution in [0.4, 0.5) is 13.6 Å². The normalized spacial score (nSPS) is 14.5. The fraction of sp³-hybridized carbons (Fsp3) is 0.632. The molecule has 1 heterocycles. The first-order chi connectivity index (χ1) is 12.2. The number of rotatable bonds is 5. The van der Waals surface area contributed by atoms with Crippen LogP contribution in [0.25, 0.3) is 0 Å². The number of benzene rings is 1. The van der Waals surface area contributed by atoms with Crippen LogP contribution >= 0.6 is 0 Å². The Balaban J connectivity index is 2.30. The van der Waals surface area contributed by atoms with Gasteiger partial charge in [-0.05, 0) is 39.3 Å². The number of hydrogen-bond acceptors (Lipinski definition) is 4. The lowest BCUT2D eigenvalue weighted by Gasteiger charge is -2.26. The summed E-state index contributed by atoms with van der Waals surface area (Å²) in [5, 5.41) is 0. The van der Waals surface area contributed by atoms with E-state index in [9.17, 15) is 13.6 Å². The van der Waals surface area contributed by atoms with Crippen molar-refractivity contribution < 1.29 is 27.8 Å². The Morgan fingerprint density at radius 3 is 2.69 bits per heavy atom. The van der Waals surface area contributed by atoms with Gasteiger partial charge in [0.25, 0.3) is 6.43 Å². The van der Waals surface area contributed by atoms with Crippen molar-refractivity contribution in [2.75, 3.05) is 19.8 Å². The van der Waals surface area contributed by atoms with E-state index >= 15 is 0 Å². The Hall–Kier alpha value is -2.05. The molecular formula is C19H27F2NO4. The number of alkyl halides is 2. The summed E-state index contributed by atoms with van der Waals surface area (Å²) in [5.41, 5.74) is -0.178. The fourth-order valence-electron chi connectivity index (χ4n) is 2.52. The molecule has 1 amide bonds. The minimum absolute atomic E-state index is 0.152. The molecule has 0 radical (unpaired) electrons. The van der Waals surface area contributed by atoms with E-state index in [1.54, 1.807) is 20.8 Å². The van der Waals surface area contributed by atoms with Gasteiger partial charge in [-0.1, -0.05) is 13.3 Å². The van der Waals surface area contributed by atoms with Gasteiger partial charge < -0.3 is 19.1 Å². The summed E-state index contributed by atoms with van der Waals surface area (Å²) in [7, 11) is 0. The molecule has 0 unspecified atom stereocenters. The summed E-state index contributed by atoms with van der Waals surface area (Å²) in [4.78, 5) is 13.9. The average molecular weight is 371 g/mol. The largest absolute Gasteiger partial charge is 0.493 e. The van der Waals surface area contributed by atoms with Crippen LogP contribution in [0.5, 0.6) is 11.5 Å². The highest BCUT2D eigenvalue weighted by molar-refractivity contribution is 5.69. The fourth-order valence-corrected chi connectivity index (χ4v) is 2.52. The van der Waals surface area contributed by atoms with E-state index in [0.29, 0.717) is 30.2 Å². The number of carbonyl (C=O) groups is 1. The first kappa shape index (κ1) is 20.3. The smallest absolute Gasteiger partial charge is 0.410 e. The molecule has 0 aliphatic carbocycles. The average Bonchev–Trinajstić information content (AvgIpc) is 2.75. The van der Waals surface area contributed by atoms with E-state index in [0.717, 1.165) is 12.8 Å². The van der Waals surface area contributed by atoms with Crippen molar-refractivity contribution >= 4 is 6.09 Å². The number of amides is 1. The Morgan fingerprint density at radius 2 is 2.08 bits per heavy atom. The predicted octanol–water partition coefficient (Wildman–Crippen LogP) is 4.93. The molecule has 5 nitrogen and oxygen atoms in total. The molecule has 0 aromatic heterocycles. The highest BCUT2D eigenvalue weighted by Crippen LogP contribution is 2.37. The van der Waals surface area contributed by atoms with Gasteiger partial charge in [-0.25, -0.2) is 13.6 Å². The van der Waals surface area contributed by atoms with Gasteiger partial charge in [-0.2, -0.15) is 0 Å². The van der Waals surface area contributed by atoms with Crippen molar-refractivity contribution in [1.82, 2.24) is 4.90 Å². The van der Waals surface area contributed by atoms with Crippen LogP contribution in [0.2, 0.25) is 0 Å². The van der Waals surface area contributed by atoms with Gasteiger partial charge in [0.05, 0.1) is 25.3 Å². The monoisotopic (exact) mass is 371 g/mol. The number of carbonyl (C=O) groups excluding carboxylic acids is 1. The zero-order chi connectivity index (χ0) is 19.3. The van der Waals surface area contributed by atoms with Crippen molar-refractivity contribution in [2.24, 2.45) is 0 Å². The van der Waals surface area contributed by atoms with Crippen LogP contribution in [-0.2, 0) is 11.3 Å². The third kappa shape index (κ3) is 5.47. The second-order valence-electron chi connectivity index (χ2n) is 7.25. The molecule has 1 aromatic carbocycles. The summed E-state index contributed by atoms with van der Waals surface area (Å²) in [6.07, 6.45) is -1.35. The number of unbranched alkanes of at least 4 members (excludes halogenated alkanes) is 1. The molecule has 0 fully saturated rings. The lowest BCUT2D eigenvalue weighted by molar-refractivity contribution is 0.0224. The second kappa shape index (κ2) is 8.56. The van der Waals surface area contributed by atoms with E-state index in [4.69, 9.17) is 14.2 Å². The highest BCUT2D eigenvalue weighted by atomic mass is 19.3. The maximum absolute atomic E-state index is 13.2. The highest BCUT2D eigenvalue weighted by Gasteiger charge is 2.28. The zero-order valence-corrected chi connectivity index (χ0v) is 15.8. The molecule has 26 heavy (non-hydrogen) atoms. The Labute approximate surface area is 153 Å². The summed E-state index contributed by atoms with van der Waals surface area (Å²) in [5.74, 6) is 0.669. The van der Waals surface area contributed by atoms with Gasteiger partial charge in [0.15, 0.2) is 0 Å². The van der Waals surface area contributed by atoms with Crippen molar-refractivity contribution in [2.45, 2.75) is 59.1 Å². The Bertz CT molecular complexity index is 629. The standard InChI is InChI=1S/C19H27F2NO4/c1-5-6-8-24-15-10-13(17(20)21)11-16-14(15)12-22(7-9-25-16)18(23)26-19(2,3)4/h10-11,17H,5-9,12H2,1-4H3. The van der Waals surface area contributed by atoms with Crippen molar-refractivity contribution in [3.8, 4) is 11.5 Å². The maximum atomic E-state index is 13.2. The number of hydrogen-bond donors (Lipinski definition) is 0. The molecule has 1 aliphatic heterocycles. The summed E-state index contributed by atoms with van der Waals surface area (Å²) in [6.45, 7) is 8.52. The molecule has 0 atom stereocenters. The minimum atomic E-state index is -2.62. The Kier molecular flexibility index (Phi) is 6.67. The second-order valence-corrected chi connectivity index (χ2v) is 7.25. The van der Waals surface area contributed by atoms with E-state index in [1.807, 2.05) is 6.92 Å². The van der Waals surface area contributed by atoms with Crippen LogP contribution in [0.1, 0.15) is 58.1 Å². The Morgan fingerprint density at radius 1 is 1.35 bits per heavy atom. The summed E-state index contributed by atoms with van der Waals surface area (Å²) < 4.78 is 43.2. The van der Waals surface area contributed by atoms with Gasteiger partial charge >= 0.3 is 6.09 Å². The minimum Gasteiger partial charge on any atom is -0.493 e. The van der Waals surface area contributed by atoms with E-state index in [-0.39, 0.29) is 18.7 Å². The molecule has 146 valence electrons. The molecule has 0 saturated heterocycles. The SMILES string of the molecule is CCCCOc1cc(C(F)F)cc2c1CN(C(=O)OC(C)(C)C)CCO2. The van der Waals surface area contributed by atoms with Crippen LogP contribution in [0, 0.1) is 0 Å². The van der Waals surface area contributed by atoms with Crippen LogP contribution in [0.15, 0.2) is 12.1 Å². The number of fused-ring (bicyclic) bond motifs is 1. The molecular weight excluding hydrogens is 344 g/mol. The summed E-state index contributed by atoms with van der Waals surface area (Å²) in [6, 6.07) is 2.66. The van der Waals surface area contributed by atoms with E-state index in [1.165, 1.54) is 17.0 Å². The maximum Gasteiger partial charge on any atom is 0.410 e. The van der Waals surface area contributed by atoms with E-state index < -0.39 is 18.1 Å². The number of halogens is 2. The molecule has 2 rings (SSSR count). The first-order valence-electron chi connectivity index (χ1n) is 8.89. The van der Waals surface area contributed by atoms with Crippen LogP contribution in [0.3, 0.4) is 0 Å². The first-order valence-corrected chi connectivity index (χ1v) is 8.89. The topological polar surface area (TPSA) is 48.0 Å². The summed E-state index contributed by atoms with van der Waals surface area (Å²) >= 11 is 0. The third-order valence-electron chi connectivity index (χ3n) is 3.82. The number of ether oxygens (including phenoxy) is 3. The van der Waals surface area contributed by atoms with Crippen molar-refractivity contribution in [3.63, 3.8) is 0 Å². The van der Waals surface area contributed by atoms with Crippen molar-refractivity contribution in [3.05, 3.63) is 23.3 Å². The molecule has 0 spiro atoms. The molecule has 7 heteroatoms. The molecule has 1 aromatic rings. The van der Waals surface area contributed by atoms with Gasteiger partial charge in [-0.15, -0.1) is 0 Å². The lowest BCUT2D eigenvalue weighted by atomic mass is 10.1. The molecule has 0 N–H and O–H groups in total. The quantitative estimate of drug-likeness (QED) is 0.689. The predicted molar refractivity (Wildman–Crippen MR) is 93.9 cm³/mol. The zero-order valence-electron chi connectivity index (χ0n) is 15.8. The van der Waals surface area contributed by atoms with Gasteiger partial charge in [0.1, 0.15) is 23.7 Å². The van der Waals surface area contributed by atoms with Gasteiger partial charge in [-0.3, -0.25) is 0 Å². The van der Waals surface area contributed by atoms with Crippen LogP contribution < -0.4 is 9.47 Å². The van der Waals surface area contributed by atoms with Gasteiger partial charge in [0, 0.05) is 5.56 Å². The molecule has 0 saturated carbocycles. The lowest BCUT2D eigenvalue weighted by Crippen LogP contribution is -2.37. The van der Waals surface area contributed by atoms with Gasteiger partial charge in [0.2, 0.25) is 0 Å². The number of nitrogens with zero attached hydrogens (tertiary/aromatic N) is 1.